The van der Waals surface area contributed by atoms with Gasteiger partial charge in [-0.15, -0.1) is 0 Å². The van der Waals surface area contributed by atoms with Crippen LogP contribution in [0.5, 0.6) is 0 Å². The maximum Gasteiger partial charge on any atom is 0.108 e. The zero-order valence-electron chi connectivity index (χ0n) is 8.36. The van der Waals surface area contributed by atoms with Gasteiger partial charge in [-0.25, -0.2) is 4.39 Å². The van der Waals surface area contributed by atoms with E-state index in [1.54, 1.807) is 13.8 Å². The summed E-state index contributed by atoms with van der Waals surface area (Å²) >= 11 is 0. The minimum absolute atomic E-state index is 0.194. The van der Waals surface area contributed by atoms with Crippen molar-refractivity contribution in [2.45, 2.75) is 39.3 Å². The smallest absolute Gasteiger partial charge is 0.108 e. The highest BCUT2D eigenvalue weighted by Crippen LogP contribution is 2.32. The van der Waals surface area contributed by atoms with Crippen LogP contribution < -0.4 is 5.32 Å². The quantitative estimate of drug-likeness (QED) is 0.676. The molecule has 0 amide bonds. The summed E-state index contributed by atoms with van der Waals surface area (Å²) in [5, 5.41) is 3.30. The molecule has 0 radical (unpaired) electrons. The number of halogens is 1. The summed E-state index contributed by atoms with van der Waals surface area (Å²) in [5.41, 5.74) is -1.01. The summed E-state index contributed by atoms with van der Waals surface area (Å²) in [6, 6.07) is 0. The van der Waals surface area contributed by atoms with E-state index in [0.29, 0.717) is 5.92 Å². The van der Waals surface area contributed by atoms with Gasteiger partial charge >= 0.3 is 0 Å². The zero-order chi connectivity index (χ0) is 9.19. The average Bonchev–Trinajstić information content (AvgIpc) is 2.03. The van der Waals surface area contributed by atoms with Crippen LogP contribution in [0.2, 0.25) is 0 Å². The molecular formula is C10H20FN. The van der Waals surface area contributed by atoms with Crippen LogP contribution in [0.1, 0.15) is 33.6 Å². The van der Waals surface area contributed by atoms with Crippen LogP contribution in [-0.2, 0) is 0 Å². The molecule has 0 aromatic carbocycles. The van der Waals surface area contributed by atoms with E-state index in [0.717, 1.165) is 25.9 Å². The number of hydrogen-bond acceptors (Lipinski definition) is 1. The van der Waals surface area contributed by atoms with Gasteiger partial charge in [-0.3, -0.25) is 0 Å². The predicted octanol–water partition coefficient (Wildman–Crippen LogP) is 2.37. The molecule has 1 fully saturated rings. The fraction of sp³-hybridized carbons (Fsp3) is 1.00. The molecule has 1 nitrogen and oxygen atoms in total. The predicted molar refractivity (Wildman–Crippen MR) is 49.9 cm³/mol. The van der Waals surface area contributed by atoms with Crippen LogP contribution >= 0.6 is 0 Å². The normalized spacial score (nSPS) is 24.0. The van der Waals surface area contributed by atoms with Gasteiger partial charge in [0.05, 0.1) is 0 Å². The lowest BCUT2D eigenvalue weighted by molar-refractivity contribution is 0.0774. The molecule has 1 heterocycles. The summed E-state index contributed by atoms with van der Waals surface area (Å²) in [7, 11) is 0. The molecule has 1 unspecified atom stereocenters. The molecule has 1 saturated heterocycles. The number of hydrogen-bond donors (Lipinski definition) is 1. The van der Waals surface area contributed by atoms with Gasteiger partial charge < -0.3 is 5.32 Å². The molecule has 1 aliphatic rings. The topological polar surface area (TPSA) is 12.0 Å². The van der Waals surface area contributed by atoms with Crippen LogP contribution in [0.4, 0.5) is 4.39 Å². The van der Waals surface area contributed by atoms with Crippen molar-refractivity contribution in [3.8, 4) is 0 Å². The molecule has 0 saturated carbocycles. The monoisotopic (exact) mass is 173 g/mol. The number of rotatable bonds is 2. The highest BCUT2D eigenvalue weighted by Gasteiger charge is 2.32. The highest BCUT2D eigenvalue weighted by molar-refractivity contribution is 4.83. The lowest BCUT2D eigenvalue weighted by atomic mass is 9.78. The van der Waals surface area contributed by atoms with Crippen molar-refractivity contribution in [2.75, 3.05) is 13.1 Å². The van der Waals surface area contributed by atoms with E-state index in [4.69, 9.17) is 0 Å². The molecular weight excluding hydrogens is 153 g/mol. The van der Waals surface area contributed by atoms with Crippen molar-refractivity contribution in [1.82, 2.24) is 5.32 Å². The Hall–Kier alpha value is -0.110. The Bertz CT molecular complexity index is 133. The van der Waals surface area contributed by atoms with E-state index in [2.05, 4.69) is 5.32 Å². The molecule has 1 rings (SSSR count). The average molecular weight is 173 g/mol. The first kappa shape index (κ1) is 9.97. The third-order valence-electron chi connectivity index (χ3n) is 3.17. The Balaban J connectivity index is 2.45. The highest BCUT2D eigenvalue weighted by atomic mass is 19.1. The van der Waals surface area contributed by atoms with Gasteiger partial charge in [0, 0.05) is 0 Å². The molecule has 12 heavy (non-hydrogen) atoms. The molecule has 0 aliphatic carbocycles. The van der Waals surface area contributed by atoms with Crippen molar-refractivity contribution in [3.05, 3.63) is 0 Å². The van der Waals surface area contributed by atoms with Crippen molar-refractivity contribution in [3.63, 3.8) is 0 Å². The summed E-state index contributed by atoms with van der Waals surface area (Å²) < 4.78 is 13.5. The minimum atomic E-state index is -1.01. The Morgan fingerprint density at radius 1 is 1.33 bits per heavy atom. The van der Waals surface area contributed by atoms with E-state index in [9.17, 15) is 4.39 Å². The first-order valence-electron chi connectivity index (χ1n) is 4.91. The third kappa shape index (κ3) is 2.44. The number of nitrogens with one attached hydrogen (secondary N) is 1. The largest absolute Gasteiger partial charge is 0.317 e. The lowest BCUT2D eigenvalue weighted by Gasteiger charge is -2.34. The molecule has 1 aliphatic heterocycles. The molecule has 72 valence electrons. The molecule has 0 aromatic heterocycles. The first-order chi connectivity index (χ1) is 5.52. The fourth-order valence-corrected chi connectivity index (χ4v) is 1.90. The van der Waals surface area contributed by atoms with E-state index in [1.807, 2.05) is 6.92 Å². The van der Waals surface area contributed by atoms with Crippen molar-refractivity contribution < 1.29 is 4.39 Å². The van der Waals surface area contributed by atoms with E-state index in [1.165, 1.54) is 0 Å². The molecule has 1 atom stereocenters. The van der Waals surface area contributed by atoms with Crippen LogP contribution in [-0.4, -0.2) is 18.8 Å². The Kier molecular flexibility index (Phi) is 3.10. The summed E-state index contributed by atoms with van der Waals surface area (Å²) in [6.07, 6.45) is 2.27. The Morgan fingerprint density at radius 2 is 1.83 bits per heavy atom. The third-order valence-corrected chi connectivity index (χ3v) is 3.17. The second kappa shape index (κ2) is 3.73. The van der Waals surface area contributed by atoms with Crippen LogP contribution in [0.15, 0.2) is 0 Å². The molecule has 0 bridgehead atoms. The fourth-order valence-electron chi connectivity index (χ4n) is 1.90. The second-order valence-corrected chi connectivity index (χ2v) is 4.44. The number of piperidine rings is 1. The van der Waals surface area contributed by atoms with Crippen LogP contribution in [0.25, 0.3) is 0 Å². The lowest BCUT2D eigenvalue weighted by Crippen LogP contribution is -2.37. The molecule has 1 N–H and O–H groups in total. The van der Waals surface area contributed by atoms with E-state index >= 15 is 0 Å². The van der Waals surface area contributed by atoms with Crippen molar-refractivity contribution >= 4 is 0 Å². The first-order valence-corrected chi connectivity index (χ1v) is 4.91. The molecule has 0 aromatic rings. The SMILES string of the molecule is CC(C1CCNCC1)C(C)(C)F. The van der Waals surface area contributed by atoms with Gasteiger partial charge in [-0.2, -0.15) is 0 Å². The van der Waals surface area contributed by atoms with Crippen molar-refractivity contribution in [1.29, 1.82) is 0 Å². The Labute approximate surface area is 74.7 Å². The van der Waals surface area contributed by atoms with Crippen molar-refractivity contribution in [2.24, 2.45) is 11.8 Å². The van der Waals surface area contributed by atoms with E-state index < -0.39 is 5.67 Å². The van der Waals surface area contributed by atoms with Gasteiger partial charge in [-0.1, -0.05) is 6.92 Å². The summed E-state index contributed by atoms with van der Waals surface area (Å²) in [4.78, 5) is 0. The van der Waals surface area contributed by atoms with Gasteiger partial charge in [0.2, 0.25) is 0 Å². The van der Waals surface area contributed by atoms with E-state index in [-0.39, 0.29) is 5.92 Å². The summed E-state index contributed by atoms with van der Waals surface area (Å²) in [6.45, 7) is 7.55. The minimum Gasteiger partial charge on any atom is -0.317 e. The zero-order valence-corrected chi connectivity index (χ0v) is 8.36. The summed E-state index contributed by atoms with van der Waals surface area (Å²) in [5.74, 6) is 0.769. The van der Waals surface area contributed by atoms with Crippen LogP contribution in [0, 0.1) is 11.8 Å². The standard InChI is InChI=1S/C10H20FN/c1-8(10(2,3)11)9-4-6-12-7-5-9/h8-9,12H,4-7H2,1-3H3. The maximum atomic E-state index is 13.5. The molecule has 0 spiro atoms. The van der Waals surface area contributed by atoms with Gasteiger partial charge in [0.1, 0.15) is 5.67 Å². The van der Waals surface area contributed by atoms with Gasteiger partial charge in [0.15, 0.2) is 0 Å². The maximum absolute atomic E-state index is 13.5. The second-order valence-electron chi connectivity index (χ2n) is 4.44. The number of alkyl halides is 1. The van der Waals surface area contributed by atoms with Crippen LogP contribution in [0.3, 0.4) is 0 Å². The van der Waals surface area contributed by atoms with Gasteiger partial charge in [-0.05, 0) is 51.6 Å². The van der Waals surface area contributed by atoms with Gasteiger partial charge in [0.25, 0.3) is 0 Å². The molecule has 2 heteroatoms. The Morgan fingerprint density at radius 3 is 2.25 bits per heavy atom.